The highest BCUT2D eigenvalue weighted by Gasteiger charge is 2.35. The molecule has 0 bridgehead atoms. The Balaban J connectivity index is 1.59. The highest BCUT2D eigenvalue weighted by atomic mass is 16.5. The van der Waals surface area contributed by atoms with Gasteiger partial charge in [0.15, 0.2) is 5.78 Å². The highest BCUT2D eigenvalue weighted by molar-refractivity contribution is 6.04. The summed E-state index contributed by atoms with van der Waals surface area (Å²) < 4.78 is 5.47. The molecule has 1 unspecified atom stereocenters. The average molecular weight is 310 g/mol. The molecule has 4 nitrogen and oxygen atoms in total. The molecule has 23 heavy (non-hydrogen) atoms. The molecule has 0 N–H and O–H groups in total. The standard InChI is InChI=1S/C19H22N2O2/c22-19-15(13-21-11-5-2-6-12-21)9-10-16-17(19)18(20-23-16)14-7-3-1-4-8-14/h1,3-4,7-8,15H,2,5-6,9-13H2. The van der Waals surface area contributed by atoms with Gasteiger partial charge < -0.3 is 9.42 Å². The van der Waals surface area contributed by atoms with Crippen molar-refractivity contribution in [3.05, 3.63) is 41.7 Å². The highest BCUT2D eigenvalue weighted by Crippen LogP contribution is 2.34. The number of Topliss-reactive ketones (excluding diaryl/α,β-unsaturated/α-hetero) is 1. The van der Waals surface area contributed by atoms with Crippen LogP contribution in [0.2, 0.25) is 0 Å². The first-order chi connectivity index (χ1) is 11.3. The average Bonchev–Trinajstić information content (AvgIpc) is 3.04. The summed E-state index contributed by atoms with van der Waals surface area (Å²) in [6.45, 7) is 3.15. The van der Waals surface area contributed by atoms with Crippen molar-refractivity contribution in [3.8, 4) is 11.3 Å². The molecule has 1 aromatic carbocycles. The number of rotatable bonds is 3. The molecule has 0 saturated carbocycles. The van der Waals surface area contributed by atoms with Gasteiger partial charge >= 0.3 is 0 Å². The third-order valence-electron chi connectivity index (χ3n) is 5.07. The molecule has 0 amide bonds. The fraction of sp³-hybridized carbons (Fsp3) is 0.474. The van der Waals surface area contributed by atoms with Crippen molar-refractivity contribution in [1.82, 2.24) is 10.1 Å². The number of ketones is 1. The van der Waals surface area contributed by atoms with Crippen LogP contribution in [0.1, 0.15) is 41.8 Å². The van der Waals surface area contributed by atoms with Crippen LogP contribution in [0.3, 0.4) is 0 Å². The predicted molar refractivity (Wildman–Crippen MR) is 88.4 cm³/mol. The van der Waals surface area contributed by atoms with Crippen molar-refractivity contribution >= 4 is 5.78 Å². The lowest BCUT2D eigenvalue weighted by atomic mass is 9.84. The monoisotopic (exact) mass is 310 g/mol. The molecule has 0 spiro atoms. The molecule has 4 rings (SSSR count). The first-order valence-electron chi connectivity index (χ1n) is 8.63. The van der Waals surface area contributed by atoms with Gasteiger partial charge in [-0.25, -0.2) is 0 Å². The zero-order valence-electron chi connectivity index (χ0n) is 13.3. The number of hydrogen-bond donors (Lipinski definition) is 0. The molecule has 1 fully saturated rings. The molecule has 120 valence electrons. The van der Waals surface area contributed by atoms with Crippen LogP contribution in [-0.2, 0) is 6.42 Å². The zero-order chi connectivity index (χ0) is 15.6. The lowest BCUT2D eigenvalue weighted by molar-refractivity contribution is 0.0840. The van der Waals surface area contributed by atoms with Crippen LogP contribution in [-0.4, -0.2) is 35.5 Å². The zero-order valence-corrected chi connectivity index (χ0v) is 13.3. The van der Waals surface area contributed by atoms with E-state index in [0.29, 0.717) is 5.69 Å². The van der Waals surface area contributed by atoms with E-state index in [9.17, 15) is 4.79 Å². The van der Waals surface area contributed by atoms with Crippen LogP contribution >= 0.6 is 0 Å². The predicted octanol–water partition coefficient (Wildman–Crippen LogP) is 3.57. The van der Waals surface area contributed by atoms with E-state index < -0.39 is 0 Å². The number of benzene rings is 1. The normalized spacial score (nSPS) is 22.1. The number of piperidine rings is 1. The minimum absolute atomic E-state index is 0.0856. The van der Waals surface area contributed by atoms with Crippen LogP contribution in [0.25, 0.3) is 11.3 Å². The van der Waals surface area contributed by atoms with Gasteiger partial charge in [-0.15, -0.1) is 0 Å². The van der Waals surface area contributed by atoms with E-state index in [1.165, 1.54) is 19.3 Å². The lowest BCUT2D eigenvalue weighted by Gasteiger charge is -2.31. The Morgan fingerprint density at radius 3 is 2.70 bits per heavy atom. The first kappa shape index (κ1) is 14.6. The summed E-state index contributed by atoms with van der Waals surface area (Å²) in [6, 6.07) is 9.88. The number of carbonyl (C=O) groups excluding carboxylic acids is 1. The Bertz CT molecular complexity index is 687. The van der Waals surface area contributed by atoms with Gasteiger partial charge in [0.2, 0.25) is 0 Å². The smallest absolute Gasteiger partial charge is 0.173 e. The SMILES string of the molecule is O=C1c2c(-c3ccccc3)noc2CCC1CN1CCCCC1. The van der Waals surface area contributed by atoms with Crippen LogP contribution < -0.4 is 0 Å². The molecule has 2 aromatic rings. The summed E-state index contributed by atoms with van der Waals surface area (Å²) in [5.74, 6) is 1.07. The van der Waals surface area contributed by atoms with Crippen molar-refractivity contribution in [2.24, 2.45) is 5.92 Å². The molecule has 4 heteroatoms. The maximum absolute atomic E-state index is 13.0. The second kappa shape index (κ2) is 6.28. The Labute approximate surface area is 136 Å². The molecule has 1 aliphatic carbocycles. The van der Waals surface area contributed by atoms with Crippen LogP contribution in [0.4, 0.5) is 0 Å². The van der Waals surface area contributed by atoms with E-state index in [2.05, 4.69) is 10.1 Å². The molecule has 1 atom stereocenters. The number of fused-ring (bicyclic) bond motifs is 1. The van der Waals surface area contributed by atoms with Crippen LogP contribution in [0.15, 0.2) is 34.9 Å². The number of carbonyl (C=O) groups is 1. The summed E-state index contributed by atoms with van der Waals surface area (Å²) in [4.78, 5) is 15.5. The van der Waals surface area contributed by atoms with Crippen molar-refractivity contribution < 1.29 is 9.32 Å². The van der Waals surface area contributed by atoms with Gasteiger partial charge in [-0.2, -0.15) is 0 Å². The Hall–Kier alpha value is -1.94. The fourth-order valence-corrected chi connectivity index (χ4v) is 3.81. The van der Waals surface area contributed by atoms with Gasteiger partial charge in [-0.05, 0) is 32.4 Å². The maximum Gasteiger partial charge on any atom is 0.173 e. The summed E-state index contributed by atoms with van der Waals surface area (Å²) in [5, 5.41) is 4.19. The molecule has 1 saturated heterocycles. The van der Waals surface area contributed by atoms with Gasteiger partial charge in [0.1, 0.15) is 11.5 Å². The summed E-state index contributed by atoms with van der Waals surface area (Å²) in [6.07, 6.45) is 5.54. The number of aromatic nitrogens is 1. The van der Waals surface area contributed by atoms with Crippen molar-refractivity contribution in [1.29, 1.82) is 0 Å². The Kier molecular flexibility index (Phi) is 4.00. The molecular weight excluding hydrogens is 288 g/mol. The molecule has 2 aliphatic rings. The molecular formula is C19H22N2O2. The van der Waals surface area contributed by atoms with Gasteiger partial charge in [0.25, 0.3) is 0 Å². The van der Waals surface area contributed by atoms with E-state index in [0.717, 1.165) is 49.4 Å². The van der Waals surface area contributed by atoms with Crippen molar-refractivity contribution in [2.75, 3.05) is 19.6 Å². The van der Waals surface area contributed by atoms with Crippen molar-refractivity contribution in [3.63, 3.8) is 0 Å². The van der Waals surface area contributed by atoms with E-state index >= 15 is 0 Å². The van der Waals surface area contributed by atoms with Crippen LogP contribution in [0.5, 0.6) is 0 Å². The molecule has 0 radical (unpaired) electrons. The summed E-state index contributed by atoms with van der Waals surface area (Å²) in [5.41, 5.74) is 2.41. The topological polar surface area (TPSA) is 46.3 Å². The quantitative estimate of drug-likeness (QED) is 0.869. The molecule has 1 aromatic heterocycles. The van der Waals surface area contributed by atoms with E-state index in [1.54, 1.807) is 0 Å². The van der Waals surface area contributed by atoms with Crippen LogP contribution in [0, 0.1) is 5.92 Å². The number of nitrogens with zero attached hydrogens (tertiary/aromatic N) is 2. The van der Waals surface area contributed by atoms with Gasteiger partial charge in [0, 0.05) is 24.4 Å². The fourth-order valence-electron chi connectivity index (χ4n) is 3.81. The van der Waals surface area contributed by atoms with E-state index in [4.69, 9.17) is 4.52 Å². The number of likely N-dealkylation sites (tertiary alicyclic amines) is 1. The first-order valence-corrected chi connectivity index (χ1v) is 8.63. The number of hydrogen-bond acceptors (Lipinski definition) is 4. The third-order valence-corrected chi connectivity index (χ3v) is 5.07. The minimum atomic E-state index is 0.0856. The Morgan fingerprint density at radius 1 is 1.13 bits per heavy atom. The second-order valence-electron chi connectivity index (χ2n) is 6.66. The van der Waals surface area contributed by atoms with Crippen molar-refractivity contribution in [2.45, 2.75) is 32.1 Å². The molecule has 2 heterocycles. The summed E-state index contributed by atoms with van der Waals surface area (Å²) in [7, 11) is 0. The van der Waals surface area contributed by atoms with Gasteiger partial charge in [-0.3, -0.25) is 4.79 Å². The third kappa shape index (κ3) is 2.83. The summed E-state index contributed by atoms with van der Waals surface area (Å²) >= 11 is 0. The number of aryl methyl sites for hydroxylation is 1. The minimum Gasteiger partial charge on any atom is -0.360 e. The maximum atomic E-state index is 13.0. The van der Waals surface area contributed by atoms with E-state index in [1.807, 2.05) is 30.3 Å². The lowest BCUT2D eigenvalue weighted by Crippen LogP contribution is -2.38. The largest absolute Gasteiger partial charge is 0.360 e. The van der Waals surface area contributed by atoms with Gasteiger partial charge in [-0.1, -0.05) is 41.9 Å². The second-order valence-corrected chi connectivity index (χ2v) is 6.66. The van der Waals surface area contributed by atoms with E-state index in [-0.39, 0.29) is 11.7 Å². The molecule has 1 aliphatic heterocycles. The van der Waals surface area contributed by atoms with Gasteiger partial charge in [0.05, 0.1) is 5.56 Å². The Morgan fingerprint density at radius 2 is 1.91 bits per heavy atom.